The molecule has 3 rings (SSSR count). The summed E-state index contributed by atoms with van der Waals surface area (Å²) < 4.78 is 25.2. The Labute approximate surface area is 126 Å². The van der Waals surface area contributed by atoms with E-state index in [1.807, 2.05) is 11.0 Å². The summed E-state index contributed by atoms with van der Waals surface area (Å²) in [5.41, 5.74) is 0. The van der Waals surface area contributed by atoms with E-state index in [1.54, 1.807) is 24.3 Å². The highest BCUT2D eigenvalue weighted by molar-refractivity contribution is 7.92. The van der Waals surface area contributed by atoms with Gasteiger partial charge in [0, 0.05) is 19.0 Å². The quantitative estimate of drug-likeness (QED) is 0.860. The molecule has 1 aromatic rings. The molecule has 0 radical (unpaired) electrons. The van der Waals surface area contributed by atoms with Crippen molar-refractivity contribution >= 4 is 15.7 Å². The Morgan fingerprint density at radius 2 is 1.71 bits per heavy atom. The van der Waals surface area contributed by atoms with E-state index in [-0.39, 0.29) is 11.8 Å². The van der Waals surface area contributed by atoms with Crippen molar-refractivity contribution in [1.29, 1.82) is 0 Å². The molecule has 2 aliphatic rings. The van der Waals surface area contributed by atoms with Gasteiger partial charge in [0.05, 0.1) is 10.1 Å². The van der Waals surface area contributed by atoms with E-state index in [9.17, 15) is 13.2 Å². The van der Waals surface area contributed by atoms with E-state index in [1.165, 1.54) is 0 Å². The van der Waals surface area contributed by atoms with Crippen molar-refractivity contribution in [3.8, 4) is 0 Å². The Hall–Kier alpha value is -1.36. The Kier molecular flexibility index (Phi) is 4.02. The number of hydrogen-bond donors (Lipinski definition) is 0. The van der Waals surface area contributed by atoms with Crippen LogP contribution < -0.4 is 0 Å². The Morgan fingerprint density at radius 1 is 1.05 bits per heavy atom. The second-order valence-electron chi connectivity index (χ2n) is 6.02. The molecule has 0 N–H and O–H groups in total. The molecular formula is C16H21NO3S. The fraction of sp³-hybridized carbons (Fsp3) is 0.562. The van der Waals surface area contributed by atoms with Crippen molar-refractivity contribution in [2.24, 2.45) is 5.92 Å². The summed E-state index contributed by atoms with van der Waals surface area (Å²) in [4.78, 5) is 14.7. The highest BCUT2D eigenvalue weighted by atomic mass is 32.2. The number of amides is 1. The normalized spacial score (nSPS) is 26.2. The van der Waals surface area contributed by atoms with Gasteiger partial charge in [-0.05, 0) is 44.2 Å². The third-order valence-electron chi connectivity index (χ3n) is 4.66. The van der Waals surface area contributed by atoms with Gasteiger partial charge in [0.15, 0.2) is 9.84 Å². The van der Waals surface area contributed by atoms with Crippen LogP contribution in [0.25, 0.3) is 0 Å². The number of likely N-dealkylation sites (tertiary alicyclic amines) is 1. The number of sulfone groups is 1. The van der Waals surface area contributed by atoms with Crippen molar-refractivity contribution in [2.75, 3.05) is 13.1 Å². The first-order valence-corrected chi connectivity index (χ1v) is 9.21. The zero-order valence-corrected chi connectivity index (χ0v) is 12.9. The van der Waals surface area contributed by atoms with E-state index < -0.39 is 15.1 Å². The van der Waals surface area contributed by atoms with Crippen LogP contribution in [0.1, 0.15) is 32.1 Å². The highest BCUT2D eigenvalue weighted by Gasteiger charge is 2.39. The minimum atomic E-state index is -3.30. The Balaban J connectivity index is 1.71. The SMILES string of the molecule is O=C([C@@H]1CC[C@@H](S(=O)(=O)c2ccccc2)C1)N1CCCC1. The van der Waals surface area contributed by atoms with Gasteiger partial charge in [-0.25, -0.2) is 8.42 Å². The van der Waals surface area contributed by atoms with Crippen LogP contribution in [0, 0.1) is 5.92 Å². The summed E-state index contributed by atoms with van der Waals surface area (Å²) in [6, 6.07) is 8.59. The van der Waals surface area contributed by atoms with Crippen LogP contribution in [-0.2, 0) is 14.6 Å². The molecule has 5 heteroatoms. The molecule has 0 spiro atoms. The zero-order valence-electron chi connectivity index (χ0n) is 12.1. The molecule has 1 amide bonds. The predicted molar refractivity (Wildman–Crippen MR) is 80.6 cm³/mol. The van der Waals surface area contributed by atoms with Gasteiger partial charge in [-0.2, -0.15) is 0 Å². The predicted octanol–water partition coefficient (Wildman–Crippen LogP) is 2.25. The number of nitrogens with zero attached hydrogens (tertiary/aromatic N) is 1. The van der Waals surface area contributed by atoms with Crippen molar-refractivity contribution in [1.82, 2.24) is 4.90 Å². The summed E-state index contributed by atoms with van der Waals surface area (Å²) in [5, 5.41) is -0.406. The van der Waals surface area contributed by atoms with Crippen LogP contribution in [0.5, 0.6) is 0 Å². The van der Waals surface area contributed by atoms with E-state index in [2.05, 4.69) is 0 Å². The number of carbonyl (C=O) groups excluding carboxylic acids is 1. The van der Waals surface area contributed by atoms with Crippen LogP contribution in [0.15, 0.2) is 35.2 Å². The average Bonchev–Trinajstić information content (AvgIpc) is 3.19. The molecule has 2 atom stereocenters. The summed E-state index contributed by atoms with van der Waals surface area (Å²) in [5.74, 6) is 0.0600. The van der Waals surface area contributed by atoms with Crippen LogP contribution in [0.3, 0.4) is 0 Å². The van der Waals surface area contributed by atoms with E-state index >= 15 is 0 Å². The molecule has 0 aromatic heterocycles. The third-order valence-corrected chi connectivity index (χ3v) is 6.90. The lowest BCUT2D eigenvalue weighted by atomic mass is 10.1. The molecule has 1 heterocycles. The first kappa shape index (κ1) is 14.6. The van der Waals surface area contributed by atoms with Crippen LogP contribution >= 0.6 is 0 Å². The lowest BCUT2D eigenvalue weighted by Gasteiger charge is -2.20. The molecule has 1 aromatic carbocycles. The molecule has 0 unspecified atom stereocenters. The highest BCUT2D eigenvalue weighted by Crippen LogP contribution is 2.35. The summed E-state index contributed by atoms with van der Waals surface area (Å²) >= 11 is 0. The third kappa shape index (κ3) is 2.84. The molecule has 2 fully saturated rings. The average molecular weight is 307 g/mol. The molecule has 21 heavy (non-hydrogen) atoms. The monoisotopic (exact) mass is 307 g/mol. The lowest BCUT2D eigenvalue weighted by molar-refractivity contribution is -0.134. The number of carbonyl (C=O) groups is 1. The maximum Gasteiger partial charge on any atom is 0.225 e. The number of hydrogen-bond acceptors (Lipinski definition) is 3. The maximum absolute atomic E-state index is 12.6. The molecule has 1 aliphatic carbocycles. The van der Waals surface area contributed by atoms with E-state index in [0.29, 0.717) is 24.2 Å². The Bertz CT molecular complexity index is 606. The van der Waals surface area contributed by atoms with Crippen LogP contribution in [0.4, 0.5) is 0 Å². The largest absolute Gasteiger partial charge is 0.342 e. The van der Waals surface area contributed by atoms with Gasteiger partial charge >= 0.3 is 0 Å². The van der Waals surface area contributed by atoms with Gasteiger partial charge < -0.3 is 4.90 Å². The zero-order chi connectivity index (χ0) is 14.9. The second kappa shape index (κ2) is 5.79. The van der Waals surface area contributed by atoms with Gasteiger partial charge in [0.1, 0.15) is 0 Å². The van der Waals surface area contributed by atoms with Gasteiger partial charge in [0.2, 0.25) is 5.91 Å². The fourth-order valence-electron chi connectivity index (χ4n) is 3.44. The summed E-state index contributed by atoms with van der Waals surface area (Å²) in [6.07, 6.45) is 3.93. The molecule has 0 bridgehead atoms. The van der Waals surface area contributed by atoms with Crippen molar-refractivity contribution in [2.45, 2.75) is 42.2 Å². The summed E-state index contributed by atoms with van der Waals surface area (Å²) in [6.45, 7) is 1.68. The number of benzene rings is 1. The van der Waals surface area contributed by atoms with Crippen molar-refractivity contribution in [3.05, 3.63) is 30.3 Å². The molecule has 4 nitrogen and oxygen atoms in total. The van der Waals surface area contributed by atoms with Gasteiger partial charge in [-0.15, -0.1) is 0 Å². The molecular weight excluding hydrogens is 286 g/mol. The number of rotatable bonds is 3. The summed E-state index contributed by atoms with van der Waals surface area (Å²) in [7, 11) is -3.30. The minimum absolute atomic E-state index is 0.105. The van der Waals surface area contributed by atoms with Crippen molar-refractivity contribution < 1.29 is 13.2 Å². The topological polar surface area (TPSA) is 54.5 Å². The molecule has 1 saturated carbocycles. The minimum Gasteiger partial charge on any atom is -0.342 e. The standard InChI is InChI=1S/C16H21NO3S/c18-16(17-10-4-5-11-17)13-8-9-15(12-13)21(19,20)14-6-2-1-3-7-14/h1-3,6-7,13,15H,4-5,8-12H2/t13-,15-/m1/s1. The fourth-order valence-corrected chi connectivity index (χ4v) is 5.30. The first-order chi connectivity index (χ1) is 10.1. The van der Waals surface area contributed by atoms with Crippen LogP contribution in [0.2, 0.25) is 0 Å². The smallest absolute Gasteiger partial charge is 0.225 e. The lowest BCUT2D eigenvalue weighted by Crippen LogP contribution is -2.33. The van der Waals surface area contributed by atoms with Gasteiger partial charge in [0.25, 0.3) is 0 Å². The Morgan fingerprint density at radius 3 is 2.38 bits per heavy atom. The second-order valence-corrected chi connectivity index (χ2v) is 8.25. The first-order valence-electron chi connectivity index (χ1n) is 7.67. The van der Waals surface area contributed by atoms with E-state index in [0.717, 1.165) is 25.9 Å². The maximum atomic E-state index is 12.6. The van der Waals surface area contributed by atoms with Crippen molar-refractivity contribution in [3.63, 3.8) is 0 Å². The van der Waals surface area contributed by atoms with Gasteiger partial charge in [-0.3, -0.25) is 4.79 Å². The molecule has 1 aliphatic heterocycles. The molecule has 1 saturated heterocycles. The van der Waals surface area contributed by atoms with E-state index in [4.69, 9.17) is 0 Å². The molecule has 114 valence electrons. The van der Waals surface area contributed by atoms with Gasteiger partial charge in [-0.1, -0.05) is 18.2 Å². The van der Waals surface area contributed by atoms with Crippen LogP contribution in [-0.4, -0.2) is 37.6 Å².